The summed E-state index contributed by atoms with van der Waals surface area (Å²) in [6, 6.07) is 1.17. The van der Waals surface area contributed by atoms with Crippen molar-refractivity contribution in [2.45, 2.75) is 0 Å². The molecule has 1 aromatic carbocycles. The maximum absolute atomic E-state index is 13.7. The van der Waals surface area contributed by atoms with Crippen LogP contribution in [-0.2, 0) is 10.0 Å². The molecule has 21 heavy (non-hydrogen) atoms. The van der Waals surface area contributed by atoms with E-state index in [9.17, 15) is 32.1 Å². The van der Waals surface area contributed by atoms with Gasteiger partial charge in [-0.15, -0.1) is 0 Å². The van der Waals surface area contributed by atoms with Gasteiger partial charge in [-0.05, 0) is 13.1 Å². The lowest BCUT2D eigenvalue weighted by atomic mass is 10.1. The standard InChI is InChI=1S/C10H11F2N3O5S/c1-13-21(19,20)5-4-14-10(16)8-6(11)2-3-7(9(8)12)15(17)18/h2-3,13H,4-5H2,1H3,(H,14,16). The molecule has 0 fully saturated rings. The summed E-state index contributed by atoms with van der Waals surface area (Å²) in [4.78, 5) is 21.0. The smallest absolute Gasteiger partial charge is 0.305 e. The second-order valence-electron chi connectivity index (χ2n) is 3.79. The van der Waals surface area contributed by atoms with E-state index in [4.69, 9.17) is 0 Å². The highest BCUT2D eigenvalue weighted by atomic mass is 32.2. The Balaban J connectivity index is 2.93. The van der Waals surface area contributed by atoms with Gasteiger partial charge in [0.05, 0.1) is 10.7 Å². The number of nitro benzene ring substituents is 1. The number of halogens is 2. The second-order valence-corrected chi connectivity index (χ2v) is 5.84. The number of amides is 1. The Morgan fingerprint density at radius 2 is 2.00 bits per heavy atom. The minimum absolute atomic E-state index is 0.413. The van der Waals surface area contributed by atoms with Gasteiger partial charge in [-0.25, -0.2) is 17.5 Å². The van der Waals surface area contributed by atoms with Crippen LogP contribution in [0.4, 0.5) is 14.5 Å². The molecule has 1 rings (SSSR count). The summed E-state index contributed by atoms with van der Waals surface area (Å²) in [5.41, 5.74) is -2.18. The highest BCUT2D eigenvalue weighted by Gasteiger charge is 2.26. The highest BCUT2D eigenvalue weighted by Crippen LogP contribution is 2.22. The third kappa shape index (κ3) is 4.16. The number of hydrogen-bond acceptors (Lipinski definition) is 5. The lowest BCUT2D eigenvalue weighted by molar-refractivity contribution is -0.387. The monoisotopic (exact) mass is 323 g/mol. The predicted octanol–water partition coefficient (Wildman–Crippen LogP) is 0.152. The van der Waals surface area contributed by atoms with Crippen LogP contribution in [0.3, 0.4) is 0 Å². The van der Waals surface area contributed by atoms with Crippen LogP contribution in [0.25, 0.3) is 0 Å². The first-order chi connectivity index (χ1) is 9.69. The van der Waals surface area contributed by atoms with Crippen LogP contribution in [0.2, 0.25) is 0 Å². The number of nitro groups is 1. The molecule has 0 aliphatic rings. The van der Waals surface area contributed by atoms with Gasteiger partial charge < -0.3 is 5.32 Å². The minimum atomic E-state index is -3.60. The normalized spacial score (nSPS) is 11.2. The topological polar surface area (TPSA) is 118 Å². The summed E-state index contributed by atoms with van der Waals surface area (Å²) in [5, 5.41) is 12.5. The van der Waals surface area contributed by atoms with Crippen LogP contribution in [0.1, 0.15) is 10.4 Å². The van der Waals surface area contributed by atoms with Gasteiger partial charge >= 0.3 is 5.69 Å². The molecule has 1 aromatic rings. The Morgan fingerprint density at radius 3 is 2.52 bits per heavy atom. The molecule has 0 unspecified atom stereocenters. The largest absolute Gasteiger partial charge is 0.351 e. The van der Waals surface area contributed by atoms with Crippen LogP contribution in [0, 0.1) is 21.7 Å². The van der Waals surface area contributed by atoms with Gasteiger partial charge in [0.25, 0.3) is 5.91 Å². The van der Waals surface area contributed by atoms with Gasteiger partial charge in [0, 0.05) is 12.6 Å². The summed E-state index contributed by atoms with van der Waals surface area (Å²) in [5.74, 6) is -4.69. The molecule has 8 nitrogen and oxygen atoms in total. The molecule has 0 saturated heterocycles. The average Bonchev–Trinajstić information content (AvgIpc) is 2.38. The number of sulfonamides is 1. The van der Waals surface area contributed by atoms with Crippen molar-refractivity contribution in [3.8, 4) is 0 Å². The number of carbonyl (C=O) groups excluding carboxylic acids is 1. The van der Waals surface area contributed by atoms with E-state index in [2.05, 4.69) is 0 Å². The van der Waals surface area contributed by atoms with Gasteiger partial charge in [-0.1, -0.05) is 0 Å². The quantitative estimate of drug-likeness (QED) is 0.571. The number of carbonyl (C=O) groups is 1. The zero-order valence-corrected chi connectivity index (χ0v) is 11.5. The molecule has 2 N–H and O–H groups in total. The number of hydrogen-bond donors (Lipinski definition) is 2. The van der Waals surface area contributed by atoms with Crippen molar-refractivity contribution in [3.05, 3.63) is 39.4 Å². The number of nitrogens with one attached hydrogen (secondary N) is 2. The molecule has 0 aromatic heterocycles. The maximum Gasteiger partial charge on any atom is 0.305 e. The predicted molar refractivity (Wildman–Crippen MR) is 68.2 cm³/mol. The van der Waals surface area contributed by atoms with E-state index in [1.54, 1.807) is 0 Å². The molecule has 11 heteroatoms. The minimum Gasteiger partial charge on any atom is -0.351 e. The van der Waals surface area contributed by atoms with E-state index in [0.717, 1.165) is 7.05 Å². The molecule has 0 heterocycles. The Hall–Kier alpha value is -2.14. The van der Waals surface area contributed by atoms with E-state index in [1.165, 1.54) is 0 Å². The molecule has 0 aliphatic heterocycles. The van der Waals surface area contributed by atoms with E-state index < -0.39 is 56.0 Å². The SMILES string of the molecule is CNS(=O)(=O)CCNC(=O)c1c(F)ccc([N+](=O)[O-])c1F. The van der Waals surface area contributed by atoms with Gasteiger partial charge in [0.2, 0.25) is 15.8 Å². The van der Waals surface area contributed by atoms with Crippen molar-refractivity contribution in [1.29, 1.82) is 0 Å². The van der Waals surface area contributed by atoms with E-state index in [1.807, 2.05) is 10.0 Å². The molecule has 0 aliphatic carbocycles. The van der Waals surface area contributed by atoms with Crippen molar-refractivity contribution >= 4 is 21.6 Å². The fraction of sp³-hybridized carbons (Fsp3) is 0.300. The van der Waals surface area contributed by atoms with Crippen LogP contribution >= 0.6 is 0 Å². The number of nitrogens with zero attached hydrogens (tertiary/aromatic N) is 1. The average molecular weight is 323 g/mol. The van der Waals surface area contributed by atoms with Gasteiger partial charge in [0.1, 0.15) is 11.4 Å². The molecule has 0 spiro atoms. The third-order valence-corrected chi connectivity index (χ3v) is 3.83. The first kappa shape index (κ1) is 16.9. The molecule has 1 amide bonds. The Morgan fingerprint density at radius 1 is 1.38 bits per heavy atom. The van der Waals surface area contributed by atoms with Crippen LogP contribution in [-0.4, -0.2) is 38.6 Å². The molecule has 116 valence electrons. The zero-order chi connectivity index (χ0) is 16.2. The maximum atomic E-state index is 13.7. The fourth-order valence-corrected chi connectivity index (χ4v) is 1.95. The summed E-state index contributed by atoms with van der Waals surface area (Å²) in [6.45, 7) is -0.413. The lowest BCUT2D eigenvalue weighted by Gasteiger charge is -2.07. The van der Waals surface area contributed by atoms with Crippen molar-refractivity contribution in [1.82, 2.24) is 10.0 Å². The van der Waals surface area contributed by atoms with E-state index in [-0.39, 0.29) is 0 Å². The third-order valence-electron chi connectivity index (χ3n) is 2.46. The summed E-state index contributed by atoms with van der Waals surface area (Å²) >= 11 is 0. The first-order valence-electron chi connectivity index (χ1n) is 5.51. The lowest BCUT2D eigenvalue weighted by Crippen LogP contribution is -2.33. The van der Waals surface area contributed by atoms with Crippen molar-refractivity contribution in [2.24, 2.45) is 0 Å². The first-order valence-corrected chi connectivity index (χ1v) is 7.16. The van der Waals surface area contributed by atoms with Gasteiger partial charge in [0.15, 0.2) is 0 Å². The van der Waals surface area contributed by atoms with Crippen molar-refractivity contribution in [2.75, 3.05) is 19.3 Å². The van der Waals surface area contributed by atoms with Gasteiger partial charge in [-0.3, -0.25) is 14.9 Å². The Kier molecular flexibility index (Phi) is 5.27. The molecule has 0 saturated carbocycles. The van der Waals surface area contributed by atoms with Gasteiger partial charge in [-0.2, -0.15) is 4.39 Å². The number of rotatable bonds is 6. The summed E-state index contributed by atoms with van der Waals surface area (Å²) < 4.78 is 51.3. The zero-order valence-electron chi connectivity index (χ0n) is 10.7. The Bertz CT molecular complexity index is 678. The Labute approximate surface area is 118 Å². The van der Waals surface area contributed by atoms with Crippen molar-refractivity contribution in [3.63, 3.8) is 0 Å². The van der Waals surface area contributed by atoms with Crippen LogP contribution in [0.15, 0.2) is 12.1 Å². The van der Waals surface area contributed by atoms with E-state index in [0.29, 0.717) is 12.1 Å². The van der Waals surface area contributed by atoms with Crippen LogP contribution < -0.4 is 10.0 Å². The highest BCUT2D eigenvalue weighted by molar-refractivity contribution is 7.89. The fourth-order valence-electron chi connectivity index (χ4n) is 1.38. The molecular weight excluding hydrogens is 312 g/mol. The number of benzene rings is 1. The molecule has 0 atom stereocenters. The van der Waals surface area contributed by atoms with E-state index >= 15 is 0 Å². The molecule has 0 bridgehead atoms. The summed E-state index contributed by atoms with van der Waals surface area (Å²) in [7, 11) is -2.44. The van der Waals surface area contributed by atoms with Crippen LogP contribution in [0.5, 0.6) is 0 Å². The summed E-state index contributed by atoms with van der Waals surface area (Å²) in [6.07, 6.45) is 0. The second kappa shape index (κ2) is 6.54. The van der Waals surface area contributed by atoms with Crippen molar-refractivity contribution < 1.29 is 26.9 Å². The molecule has 0 radical (unpaired) electrons. The molecular formula is C10H11F2N3O5S.